The van der Waals surface area contributed by atoms with Crippen LogP contribution in [0, 0.1) is 0 Å². The normalized spacial score (nSPS) is 11.6. The molecule has 10 heteroatoms. The molecule has 0 saturated carbocycles. The lowest BCUT2D eigenvalue weighted by atomic mass is 10.0. The molecule has 0 bridgehead atoms. The largest absolute Gasteiger partial charge is 0.497 e. The lowest BCUT2D eigenvalue weighted by molar-refractivity contribution is -0.672. The highest BCUT2D eigenvalue weighted by atomic mass is 32.2. The molecule has 1 aliphatic rings. The van der Waals surface area contributed by atoms with Gasteiger partial charge in [-0.3, -0.25) is 9.32 Å². The van der Waals surface area contributed by atoms with Gasteiger partial charge in [0.2, 0.25) is 16.6 Å². The topological polar surface area (TPSA) is 115 Å². The quantitative estimate of drug-likeness (QED) is 0.224. The molecule has 0 radical (unpaired) electrons. The number of aromatic nitrogens is 5. The first-order chi connectivity index (χ1) is 16.6. The number of methoxy groups -OCH3 is 1. The van der Waals surface area contributed by atoms with Gasteiger partial charge in [0.15, 0.2) is 0 Å². The van der Waals surface area contributed by atoms with E-state index in [0.717, 1.165) is 45.0 Å². The van der Waals surface area contributed by atoms with Crippen molar-refractivity contribution >= 4 is 28.3 Å². The maximum absolute atomic E-state index is 13.0. The standard InChI is InChI=1S/C24H15N5O4S/c1-32-15-10-8-14(9-11-15)29-22(23(31)33-28-29)18(30)12-34-24-25-20-16-6-2-4-13-5-3-7-17(19(13)16)21(20)26-27-24/h2-11H,12H2,1H3/p+1. The third kappa shape index (κ3) is 3.19. The molecule has 0 unspecified atom stereocenters. The molecule has 34 heavy (non-hydrogen) atoms. The molecule has 2 aromatic heterocycles. The predicted octanol–water partition coefficient (Wildman–Crippen LogP) is 3.21. The zero-order valence-electron chi connectivity index (χ0n) is 17.8. The lowest BCUT2D eigenvalue weighted by Gasteiger charge is -2.02. The molecule has 6 rings (SSSR count). The summed E-state index contributed by atoms with van der Waals surface area (Å²) in [5.74, 6) is 0.166. The Morgan fingerprint density at radius 2 is 1.76 bits per heavy atom. The second-order valence-corrected chi connectivity index (χ2v) is 8.52. The van der Waals surface area contributed by atoms with E-state index in [-0.39, 0.29) is 11.4 Å². The summed E-state index contributed by atoms with van der Waals surface area (Å²) >= 11 is 1.12. The van der Waals surface area contributed by atoms with Gasteiger partial charge in [0.25, 0.3) is 0 Å². The van der Waals surface area contributed by atoms with E-state index in [1.165, 1.54) is 4.68 Å². The second kappa shape index (κ2) is 7.92. The van der Waals surface area contributed by atoms with Crippen molar-refractivity contribution in [3.05, 3.63) is 76.8 Å². The molecule has 5 aromatic rings. The SMILES string of the molecule is COc1ccc(-[n+]2[nH]oc(=O)c2C(=O)CSc2nnc3c(n2)-c2cccc4cccc-3c24)cc1. The van der Waals surface area contributed by atoms with Gasteiger partial charge in [0, 0.05) is 28.6 Å². The molecular formula is C24H16N5O4S+. The van der Waals surface area contributed by atoms with Crippen LogP contribution in [0.1, 0.15) is 10.5 Å². The molecule has 1 N–H and O–H groups in total. The minimum atomic E-state index is -0.753. The van der Waals surface area contributed by atoms with Crippen molar-refractivity contribution in [1.29, 1.82) is 0 Å². The van der Waals surface area contributed by atoms with E-state index in [1.54, 1.807) is 31.4 Å². The Balaban J connectivity index is 1.27. The van der Waals surface area contributed by atoms with E-state index in [4.69, 9.17) is 9.26 Å². The van der Waals surface area contributed by atoms with Crippen molar-refractivity contribution in [3.63, 3.8) is 0 Å². The summed E-state index contributed by atoms with van der Waals surface area (Å²) in [5, 5.41) is 13.7. The van der Waals surface area contributed by atoms with E-state index < -0.39 is 11.4 Å². The van der Waals surface area contributed by atoms with Gasteiger partial charge < -0.3 is 4.74 Å². The maximum Gasteiger partial charge on any atom is 0.438 e. The fourth-order valence-electron chi connectivity index (χ4n) is 4.10. The summed E-state index contributed by atoms with van der Waals surface area (Å²) in [6.07, 6.45) is 0. The maximum atomic E-state index is 13.0. The Morgan fingerprint density at radius 1 is 1.03 bits per heavy atom. The summed E-state index contributed by atoms with van der Waals surface area (Å²) < 4.78 is 11.3. The molecule has 0 spiro atoms. The minimum absolute atomic E-state index is 0.0591. The molecular weight excluding hydrogens is 454 g/mol. The van der Waals surface area contributed by atoms with Crippen LogP contribution >= 0.6 is 11.8 Å². The van der Waals surface area contributed by atoms with E-state index in [0.29, 0.717) is 16.6 Å². The number of fused-ring (bicyclic) bond motifs is 3. The number of ether oxygens (including phenoxy) is 1. The zero-order valence-corrected chi connectivity index (χ0v) is 18.6. The number of H-pyrrole nitrogens is 1. The molecule has 0 atom stereocenters. The number of carbonyl (C=O) groups is 1. The van der Waals surface area contributed by atoms with Crippen molar-refractivity contribution in [3.8, 4) is 34.0 Å². The van der Waals surface area contributed by atoms with Crippen LogP contribution in [0.3, 0.4) is 0 Å². The van der Waals surface area contributed by atoms with Gasteiger partial charge >= 0.3 is 11.3 Å². The Labute approximate surface area is 196 Å². The van der Waals surface area contributed by atoms with Crippen molar-refractivity contribution in [2.45, 2.75) is 5.16 Å². The number of ketones is 1. The van der Waals surface area contributed by atoms with Crippen LogP contribution in [-0.4, -0.2) is 39.1 Å². The number of Topliss-reactive ketones (excluding diaryl/α,β-unsaturated/α-hetero) is 1. The first kappa shape index (κ1) is 20.3. The number of nitrogens with one attached hydrogen (secondary N) is 1. The van der Waals surface area contributed by atoms with Gasteiger partial charge in [-0.15, -0.1) is 10.2 Å². The van der Waals surface area contributed by atoms with Crippen LogP contribution in [0.5, 0.6) is 5.75 Å². The Hall–Kier alpha value is -4.31. The predicted molar refractivity (Wildman–Crippen MR) is 124 cm³/mol. The van der Waals surface area contributed by atoms with Gasteiger partial charge in [0.1, 0.15) is 17.1 Å². The first-order valence-electron chi connectivity index (χ1n) is 10.3. The highest BCUT2D eigenvalue weighted by molar-refractivity contribution is 7.99. The van der Waals surface area contributed by atoms with Crippen LogP contribution < -0.4 is 15.0 Å². The van der Waals surface area contributed by atoms with E-state index >= 15 is 0 Å². The van der Waals surface area contributed by atoms with E-state index in [1.807, 2.05) is 24.3 Å². The number of hydrogen-bond donors (Lipinski definition) is 1. The van der Waals surface area contributed by atoms with Gasteiger partial charge in [-0.1, -0.05) is 48.2 Å². The van der Waals surface area contributed by atoms with Crippen LogP contribution in [0.15, 0.2) is 75.1 Å². The lowest BCUT2D eigenvalue weighted by Crippen LogP contribution is -2.41. The highest BCUT2D eigenvalue weighted by Crippen LogP contribution is 2.44. The summed E-state index contributed by atoms with van der Waals surface area (Å²) in [6.45, 7) is 0. The summed E-state index contributed by atoms with van der Waals surface area (Å²) in [7, 11) is 1.56. The monoisotopic (exact) mass is 470 g/mol. The average molecular weight is 470 g/mol. The fourth-order valence-corrected chi connectivity index (χ4v) is 4.75. The number of aromatic amines is 1. The van der Waals surface area contributed by atoms with Gasteiger partial charge in [-0.05, 0) is 27.5 Å². The molecule has 9 nitrogen and oxygen atoms in total. The van der Waals surface area contributed by atoms with Crippen LogP contribution in [0.25, 0.3) is 39.0 Å². The summed E-state index contributed by atoms with van der Waals surface area (Å²) in [4.78, 5) is 29.9. The molecule has 0 aliphatic heterocycles. The van der Waals surface area contributed by atoms with Crippen LogP contribution in [-0.2, 0) is 0 Å². The van der Waals surface area contributed by atoms with Gasteiger partial charge in [-0.2, -0.15) is 0 Å². The summed E-state index contributed by atoms with van der Waals surface area (Å²) in [6, 6.07) is 19.0. The highest BCUT2D eigenvalue weighted by Gasteiger charge is 2.31. The van der Waals surface area contributed by atoms with E-state index in [9.17, 15) is 9.59 Å². The molecule has 0 fully saturated rings. The molecule has 2 heterocycles. The van der Waals surface area contributed by atoms with Crippen LogP contribution in [0.4, 0.5) is 0 Å². The number of rotatable bonds is 6. The summed E-state index contributed by atoms with van der Waals surface area (Å²) in [5.41, 5.74) is 3.15. The van der Waals surface area contributed by atoms with E-state index in [2.05, 4.69) is 32.6 Å². The van der Waals surface area contributed by atoms with Crippen LogP contribution in [0.2, 0.25) is 0 Å². The average Bonchev–Trinajstić information content (AvgIpc) is 3.42. The van der Waals surface area contributed by atoms with Crippen molar-refractivity contribution < 1.29 is 18.7 Å². The van der Waals surface area contributed by atoms with Gasteiger partial charge in [-0.25, -0.2) is 9.78 Å². The molecule has 0 amide bonds. The molecule has 0 saturated heterocycles. The number of nitrogens with zero attached hydrogens (tertiary/aromatic N) is 4. The molecule has 3 aromatic carbocycles. The second-order valence-electron chi connectivity index (χ2n) is 7.58. The zero-order chi connectivity index (χ0) is 23.2. The Morgan fingerprint density at radius 3 is 2.50 bits per heavy atom. The fraction of sp³-hybridized carbons (Fsp3) is 0.0833. The third-order valence-corrected chi connectivity index (χ3v) is 6.49. The first-order valence-corrected chi connectivity index (χ1v) is 11.3. The minimum Gasteiger partial charge on any atom is -0.497 e. The third-order valence-electron chi connectivity index (χ3n) is 5.66. The molecule has 166 valence electrons. The molecule has 1 aliphatic carbocycles. The van der Waals surface area contributed by atoms with Crippen molar-refractivity contribution in [1.82, 2.24) is 20.5 Å². The number of benzene rings is 3. The van der Waals surface area contributed by atoms with Gasteiger partial charge in [0.05, 0.1) is 12.9 Å². The Bertz CT molecular complexity index is 1640. The van der Waals surface area contributed by atoms with Crippen molar-refractivity contribution in [2.24, 2.45) is 0 Å². The van der Waals surface area contributed by atoms with Crippen molar-refractivity contribution in [2.75, 3.05) is 12.9 Å². The number of hydrogen-bond acceptors (Lipinski definition) is 8. The Kier molecular flexibility index (Phi) is 4.73. The number of thioether (sulfide) groups is 1. The smallest absolute Gasteiger partial charge is 0.438 e. The number of carbonyl (C=O) groups excluding carboxylic acids is 1.